The Kier molecular flexibility index (Phi) is 5.43. The Labute approximate surface area is 170 Å². The van der Waals surface area contributed by atoms with Crippen molar-refractivity contribution in [2.75, 3.05) is 13.1 Å². The van der Waals surface area contributed by atoms with Crippen LogP contribution < -0.4 is 0 Å². The lowest BCUT2D eigenvalue weighted by atomic mass is 9.81. The van der Waals surface area contributed by atoms with Crippen LogP contribution in [-0.2, 0) is 16.0 Å². The molecule has 1 aromatic heterocycles. The van der Waals surface area contributed by atoms with Crippen molar-refractivity contribution in [2.24, 2.45) is 0 Å². The minimum Gasteiger partial charge on any atom is -0.464 e. The fraction of sp³-hybridized carbons (Fsp3) is 0.591. The molecule has 2 fully saturated rings. The predicted octanol–water partition coefficient (Wildman–Crippen LogP) is 4.25. The molecule has 3 heterocycles. The number of furan rings is 1. The maximum atomic E-state index is 12.9. The van der Waals surface area contributed by atoms with Crippen LogP contribution in [0.25, 0.3) is 11.0 Å². The number of amides is 1. The van der Waals surface area contributed by atoms with Gasteiger partial charge in [0.1, 0.15) is 5.58 Å². The summed E-state index contributed by atoms with van der Waals surface area (Å²) in [6.45, 7) is 5.36. The summed E-state index contributed by atoms with van der Waals surface area (Å²) in [5, 5.41) is 11.8. The van der Waals surface area contributed by atoms with Gasteiger partial charge in [0.2, 0.25) is 5.91 Å². The van der Waals surface area contributed by atoms with E-state index >= 15 is 0 Å². The molecule has 28 heavy (non-hydrogen) atoms. The number of likely N-dealkylation sites (tertiary alicyclic amines) is 1. The Morgan fingerprint density at radius 3 is 2.82 bits per heavy atom. The lowest BCUT2D eigenvalue weighted by molar-refractivity contribution is -0.183. The summed E-state index contributed by atoms with van der Waals surface area (Å²) in [5.41, 5.74) is 2.32. The first-order valence-corrected chi connectivity index (χ1v) is 10.6. The summed E-state index contributed by atoms with van der Waals surface area (Å²) in [7, 11) is 0. The molecule has 6 heteroatoms. The van der Waals surface area contributed by atoms with E-state index in [-0.39, 0.29) is 23.7 Å². The van der Waals surface area contributed by atoms with Gasteiger partial charge in [0.15, 0.2) is 0 Å². The minimum absolute atomic E-state index is 0.0950. The van der Waals surface area contributed by atoms with Crippen LogP contribution in [0.2, 0.25) is 5.02 Å². The van der Waals surface area contributed by atoms with Crippen molar-refractivity contribution >= 4 is 28.5 Å². The SMILES string of the molecule is CC[C@H]1C[C@@H](O)CC2(CCN(C(=O)Cc3coc4cc(C)c(Cl)cc34)CC2)O1. The maximum Gasteiger partial charge on any atom is 0.227 e. The van der Waals surface area contributed by atoms with Crippen LogP contribution in [0.5, 0.6) is 0 Å². The van der Waals surface area contributed by atoms with Crippen LogP contribution >= 0.6 is 11.6 Å². The molecular weight excluding hydrogens is 378 g/mol. The normalized spacial score (nSPS) is 24.8. The predicted molar refractivity (Wildman–Crippen MR) is 109 cm³/mol. The first-order valence-electron chi connectivity index (χ1n) is 10.2. The molecule has 2 aliphatic heterocycles. The third-order valence-electron chi connectivity index (χ3n) is 6.32. The van der Waals surface area contributed by atoms with Crippen molar-refractivity contribution in [2.45, 2.75) is 70.2 Å². The summed E-state index contributed by atoms with van der Waals surface area (Å²) in [4.78, 5) is 14.8. The molecular formula is C22H28ClNO4. The van der Waals surface area contributed by atoms with Gasteiger partial charge in [0.25, 0.3) is 0 Å². The molecule has 2 aromatic rings. The number of hydrogen-bond donors (Lipinski definition) is 1. The molecule has 0 radical (unpaired) electrons. The third-order valence-corrected chi connectivity index (χ3v) is 6.73. The van der Waals surface area contributed by atoms with Crippen LogP contribution in [0.15, 0.2) is 22.8 Å². The minimum atomic E-state index is -0.300. The molecule has 152 valence electrons. The number of carbonyl (C=O) groups is 1. The number of benzene rings is 1. The van der Waals surface area contributed by atoms with Crippen molar-refractivity contribution in [1.29, 1.82) is 0 Å². The third kappa shape index (κ3) is 3.80. The first-order chi connectivity index (χ1) is 13.4. The largest absolute Gasteiger partial charge is 0.464 e. The van der Waals surface area contributed by atoms with Gasteiger partial charge in [-0.2, -0.15) is 0 Å². The van der Waals surface area contributed by atoms with E-state index in [4.69, 9.17) is 20.8 Å². The van der Waals surface area contributed by atoms with E-state index in [2.05, 4.69) is 6.92 Å². The number of piperidine rings is 1. The first kappa shape index (κ1) is 19.7. The maximum absolute atomic E-state index is 12.9. The number of aryl methyl sites for hydroxylation is 1. The zero-order valence-corrected chi connectivity index (χ0v) is 17.3. The summed E-state index contributed by atoms with van der Waals surface area (Å²) in [6.07, 6.45) is 5.66. The Bertz CT molecular complexity index is 869. The number of halogens is 1. The number of aliphatic hydroxyl groups is 1. The molecule has 2 atom stereocenters. The number of fused-ring (bicyclic) bond motifs is 1. The highest BCUT2D eigenvalue weighted by Crippen LogP contribution is 2.38. The quantitative estimate of drug-likeness (QED) is 0.829. The number of hydrogen-bond acceptors (Lipinski definition) is 4. The molecule has 0 bridgehead atoms. The Balaban J connectivity index is 1.41. The van der Waals surface area contributed by atoms with Gasteiger partial charge in [-0.1, -0.05) is 18.5 Å². The second kappa shape index (κ2) is 7.69. The van der Waals surface area contributed by atoms with E-state index in [0.717, 1.165) is 47.8 Å². The number of carbonyl (C=O) groups excluding carboxylic acids is 1. The molecule has 4 rings (SSSR count). The van der Waals surface area contributed by atoms with E-state index in [0.29, 0.717) is 31.0 Å². The van der Waals surface area contributed by atoms with Crippen molar-refractivity contribution in [3.8, 4) is 0 Å². The highest BCUT2D eigenvalue weighted by Gasteiger charge is 2.43. The summed E-state index contributed by atoms with van der Waals surface area (Å²) >= 11 is 6.25. The molecule has 1 amide bonds. The summed E-state index contributed by atoms with van der Waals surface area (Å²) < 4.78 is 11.9. The highest BCUT2D eigenvalue weighted by molar-refractivity contribution is 6.32. The smallest absolute Gasteiger partial charge is 0.227 e. The van der Waals surface area contributed by atoms with Gasteiger partial charge >= 0.3 is 0 Å². The highest BCUT2D eigenvalue weighted by atomic mass is 35.5. The van der Waals surface area contributed by atoms with Crippen molar-refractivity contribution in [3.05, 3.63) is 34.5 Å². The lowest BCUT2D eigenvalue weighted by Crippen LogP contribution is -2.53. The fourth-order valence-electron chi connectivity index (χ4n) is 4.61. The Morgan fingerprint density at radius 2 is 2.11 bits per heavy atom. The molecule has 5 nitrogen and oxygen atoms in total. The lowest BCUT2D eigenvalue weighted by Gasteiger charge is -2.47. The molecule has 1 spiro atoms. The van der Waals surface area contributed by atoms with E-state index in [1.54, 1.807) is 6.26 Å². The van der Waals surface area contributed by atoms with Gasteiger partial charge in [-0.25, -0.2) is 0 Å². The van der Waals surface area contributed by atoms with Crippen molar-refractivity contribution in [1.82, 2.24) is 4.90 Å². The van der Waals surface area contributed by atoms with Gasteiger partial charge in [-0.3, -0.25) is 4.79 Å². The van der Waals surface area contributed by atoms with E-state index < -0.39 is 0 Å². The molecule has 0 saturated carbocycles. The second-order valence-corrected chi connectivity index (χ2v) is 8.75. The van der Waals surface area contributed by atoms with Crippen LogP contribution in [0.4, 0.5) is 0 Å². The molecule has 2 saturated heterocycles. The van der Waals surface area contributed by atoms with Gasteiger partial charge in [0, 0.05) is 35.5 Å². The number of rotatable bonds is 3. The zero-order valence-electron chi connectivity index (χ0n) is 16.5. The average Bonchev–Trinajstić information content (AvgIpc) is 3.03. The Hall–Kier alpha value is -1.56. The van der Waals surface area contributed by atoms with Gasteiger partial charge < -0.3 is 19.2 Å². The van der Waals surface area contributed by atoms with Crippen LogP contribution in [0.1, 0.15) is 50.2 Å². The monoisotopic (exact) mass is 405 g/mol. The topological polar surface area (TPSA) is 62.9 Å². The standard InChI is InChI=1S/C22H28ClNO4/c1-3-17-10-16(25)12-22(28-17)4-6-24(7-5-22)21(26)9-15-13-27-20-8-14(2)19(23)11-18(15)20/h8,11,13,16-17,25H,3-7,9-10,12H2,1-2H3/t16-,17+/m1/s1. The van der Waals surface area contributed by atoms with Crippen LogP contribution in [-0.4, -0.2) is 46.8 Å². The number of aliphatic hydroxyl groups excluding tert-OH is 1. The Morgan fingerprint density at radius 1 is 1.36 bits per heavy atom. The van der Waals surface area contributed by atoms with Crippen LogP contribution in [0.3, 0.4) is 0 Å². The molecule has 0 unspecified atom stereocenters. The summed E-state index contributed by atoms with van der Waals surface area (Å²) in [5.74, 6) is 0.0950. The van der Waals surface area contributed by atoms with Crippen LogP contribution in [0, 0.1) is 6.92 Å². The molecule has 1 N–H and O–H groups in total. The second-order valence-electron chi connectivity index (χ2n) is 8.34. The molecule has 1 aromatic carbocycles. The molecule has 2 aliphatic rings. The molecule has 0 aliphatic carbocycles. The van der Waals surface area contributed by atoms with Crippen molar-refractivity contribution in [3.63, 3.8) is 0 Å². The fourth-order valence-corrected chi connectivity index (χ4v) is 4.78. The number of ether oxygens (including phenoxy) is 1. The van der Waals surface area contributed by atoms with E-state index in [1.807, 2.05) is 24.0 Å². The average molecular weight is 406 g/mol. The van der Waals surface area contributed by atoms with E-state index in [1.165, 1.54) is 0 Å². The van der Waals surface area contributed by atoms with Gasteiger partial charge in [-0.15, -0.1) is 0 Å². The van der Waals surface area contributed by atoms with Gasteiger partial charge in [0.05, 0.1) is 30.5 Å². The summed E-state index contributed by atoms with van der Waals surface area (Å²) in [6, 6.07) is 3.79. The van der Waals surface area contributed by atoms with E-state index in [9.17, 15) is 9.90 Å². The number of nitrogens with zero attached hydrogens (tertiary/aromatic N) is 1. The zero-order chi connectivity index (χ0) is 19.9. The van der Waals surface area contributed by atoms with Crippen molar-refractivity contribution < 1.29 is 19.1 Å². The van der Waals surface area contributed by atoms with Gasteiger partial charge in [-0.05, 0) is 50.3 Å².